The Morgan fingerprint density at radius 3 is 2.16 bits per heavy atom. The smallest absolute Gasteiger partial charge is 0.336 e. The van der Waals surface area contributed by atoms with Gasteiger partial charge >= 0.3 is 5.97 Å². The highest BCUT2D eigenvalue weighted by Gasteiger charge is 2.14. The Labute approximate surface area is 109 Å². The summed E-state index contributed by atoms with van der Waals surface area (Å²) in [5.41, 5.74) is 13.3. The van der Waals surface area contributed by atoms with E-state index in [1.54, 1.807) is 24.3 Å². The van der Waals surface area contributed by atoms with Crippen LogP contribution in [-0.2, 0) is 0 Å². The number of hydrogen-bond acceptors (Lipinski definition) is 4. The van der Waals surface area contributed by atoms with Crippen LogP contribution in [0.1, 0.15) is 20.7 Å². The summed E-state index contributed by atoms with van der Waals surface area (Å²) < 4.78 is 0. The molecule has 2 aromatic rings. The lowest BCUT2D eigenvalue weighted by Crippen LogP contribution is -2.02. The van der Waals surface area contributed by atoms with Gasteiger partial charge in [0.15, 0.2) is 6.29 Å². The lowest BCUT2D eigenvalue weighted by Gasteiger charge is -2.10. The molecule has 5 heteroatoms. The van der Waals surface area contributed by atoms with Gasteiger partial charge in [0.1, 0.15) is 0 Å². The van der Waals surface area contributed by atoms with E-state index in [0.29, 0.717) is 34.4 Å². The van der Waals surface area contributed by atoms with Gasteiger partial charge in [-0.05, 0) is 35.4 Å². The molecular weight excluding hydrogens is 244 g/mol. The zero-order chi connectivity index (χ0) is 14.0. The molecule has 0 saturated heterocycles. The van der Waals surface area contributed by atoms with Gasteiger partial charge in [0, 0.05) is 16.9 Å². The molecule has 0 heterocycles. The first-order chi connectivity index (χ1) is 9.02. The average Bonchev–Trinajstić information content (AvgIpc) is 2.38. The van der Waals surface area contributed by atoms with E-state index >= 15 is 0 Å². The van der Waals surface area contributed by atoms with Crippen LogP contribution in [0, 0.1) is 0 Å². The summed E-state index contributed by atoms with van der Waals surface area (Å²) in [5.74, 6) is -1.10. The fraction of sp³-hybridized carbons (Fsp3) is 0. The third-order valence-corrected chi connectivity index (χ3v) is 2.77. The minimum Gasteiger partial charge on any atom is -0.478 e. The highest BCUT2D eigenvalue weighted by Crippen LogP contribution is 2.29. The molecule has 0 aliphatic carbocycles. The maximum atomic E-state index is 11.2. The van der Waals surface area contributed by atoms with Crippen LogP contribution < -0.4 is 11.5 Å². The number of hydrogen-bond donors (Lipinski definition) is 3. The first-order valence-electron chi connectivity index (χ1n) is 5.51. The molecule has 0 aliphatic heterocycles. The number of carboxylic acid groups (broad SMARTS) is 1. The summed E-state index contributed by atoms with van der Waals surface area (Å²) in [5, 5.41) is 9.20. The standard InChI is InChI=1S/C14H12N2O3/c15-9-1-3-11(8(5-9)7-17)12-4-2-10(16)6-13(12)14(18)19/h1-7H,15-16H2,(H,18,19). The van der Waals surface area contributed by atoms with Crippen molar-refractivity contribution >= 4 is 23.6 Å². The Kier molecular flexibility index (Phi) is 3.20. The first-order valence-corrected chi connectivity index (χ1v) is 5.51. The second-order valence-electron chi connectivity index (χ2n) is 4.07. The van der Waals surface area contributed by atoms with Gasteiger partial charge in [0.25, 0.3) is 0 Å². The molecule has 0 bridgehead atoms. The van der Waals surface area contributed by atoms with Crippen molar-refractivity contribution in [2.45, 2.75) is 0 Å². The van der Waals surface area contributed by atoms with Crippen LogP contribution in [0.2, 0.25) is 0 Å². The van der Waals surface area contributed by atoms with Crippen molar-refractivity contribution in [2.75, 3.05) is 11.5 Å². The quantitative estimate of drug-likeness (QED) is 0.575. The minimum absolute atomic E-state index is 0.0490. The Bertz CT molecular complexity index is 666. The van der Waals surface area contributed by atoms with E-state index < -0.39 is 5.97 Å². The van der Waals surface area contributed by atoms with E-state index in [1.165, 1.54) is 12.1 Å². The second-order valence-corrected chi connectivity index (χ2v) is 4.07. The summed E-state index contributed by atoms with van der Waals surface area (Å²) >= 11 is 0. The third-order valence-electron chi connectivity index (χ3n) is 2.77. The number of carbonyl (C=O) groups excluding carboxylic acids is 1. The fourth-order valence-corrected chi connectivity index (χ4v) is 1.90. The Morgan fingerprint density at radius 2 is 1.58 bits per heavy atom. The fourth-order valence-electron chi connectivity index (χ4n) is 1.90. The molecule has 0 spiro atoms. The third kappa shape index (κ3) is 2.40. The van der Waals surface area contributed by atoms with Crippen molar-refractivity contribution in [3.8, 4) is 11.1 Å². The van der Waals surface area contributed by atoms with Crippen LogP contribution in [0.4, 0.5) is 11.4 Å². The molecule has 0 amide bonds. The maximum absolute atomic E-state index is 11.2. The van der Waals surface area contributed by atoms with Crippen molar-refractivity contribution in [3.63, 3.8) is 0 Å². The van der Waals surface area contributed by atoms with Gasteiger partial charge < -0.3 is 16.6 Å². The summed E-state index contributed by atoms with van der Waals surface area (Å²) in [4.78, 5) is 22.3. The van der Waals surface area contributed by atoms with E-state index in [2.05, 4.69) is 0 Å². The molecule has 2 rings (SSSR count). The second kappa shape index (κ2) is 4.81. The van der Waals surface area contributed by atoms with Gasteiger partial charge in [-0.15, -0.1) is 0 Å². The predicted octanol–water partition coefficient (Wildman–Crippen LogP) is 2.03. The number of carbonyl (C=O) groups is 2. The van der Waals surface area contributed by atoms with Crippen LogP contribution in [0.5, 0.6) is 0 Å². The Balaban J connectivity index is 2.71. The summed E-state index contributed by atoms with van der Waals surface area (Å²) in [6.45, 7) is 0. The van der Waals surface area contributed by atoms with Gasteiger partial charge in [0.05, 0.1) is 5.56 Å². The van der Waals surface area contributed by atoms with Gasteiger partial charge in [-0.1, -0.05) is 12.1 Å². The van der Waals surface area contributed by atoms with Crippen LogP contribution >= 0.6 is 0 Å². The molecule has 0 aromatic heterocycles. The molecule has 96 valence electrons. The summed E-state index contributed by atoms with van der Waals surface area (Å²) in [7, 11) is 0. The number of benzene rings is 2. The molecule has 0 radical (unpaired) electrons. The zero-order valence-electron chi connectivity index (χ0n) is 9.96. The molecule has 0 atom stereocenters. The molecule has 0 unspecified atom stereocenters. The van der Waals surface area contributed by atoms with Crippen LogP contribution in [0.25, 0.3) is 11.1 Å². The number of nitrogens with two attached hydrogens (primary N) is 2. The van der Waals surface area contributed by atoms with E-state index in [-0.39, 0.29) is 5.56 Å². The van der Waals surface area contributed by atoms with E-state index in [9.17, 15) is 14.7 Å². The topological polar surface area (TPSA) is 106 Å². The molecule has 0 aliphatic rings. The monoisotopic (exact) mass is 256 g/mol. The average molecular weight is 256 g/mol. The van der Waals surface area contributed by atoms with E-state index in [0.717, 1.165) is 0 Å². The van der Waals surface area contributed by atoms with Crippen molar-refractivity contribution in [3.05, 3.63) is 47.5 Å². The predicted molar refractivity (Wildman–Crippen MR) is 73.0 cm³/mol. The number of carboxylic acids is 1. The van der Waals surface area contributed by atoms with E-state index in [1.807, 2.05) is 0 Å². The molecule has 5 nitrogen and oxygen atoms in total. The van der Waals surface area contributed by atoms with Crippen LogP contribution in [0.15, 0.2) is 36.4 Å². The molecule has 2 aromatic carbocycles. The molecular formula is C14H12N2O3. The lowest BCUT2D eigenvalue weighted by atomic mass is 9.95. The van der Waals surface area contributed by atoms with Crippen molar-refractivity contribution in [2.24, 2.45) is 0 Å². The number of rotatable bonds is 3. The highest BCUT2D eigenvalue weighted by molar-refractivity contribution is 6.00. The van der Waals surface area contributed by atoms with Crippen LogP contribution in [0.3, 0.4) is 0 Å². The van der Waals surface area contributed by atoms with Gasteiger partial charge in [0.2, 0.25) is 0 Å². The lowest BCUT2D eigenvalue weighted by molar-refractivity contribution is 0.0697. The number of anilines is 2. The minimum atomic E-state index is -1.10. The van der Waals surface area contributed by atoms with E-state index in [4.69, 9.17) is 11.5 Å². The highest BCUT2D eigenvalue weighted by atomic mass is 16.4. The molecule has 19 heavy (non-hydrogen) atoms. The van der Waals surface area contributed by atoms with Gasteiger partial charge in [-0.2, -0.15) is 0 Å². The largest absolute Gasteiger partial charge is 0.478 e. The SMILES string of the molecule is Nc1ccc(-c2ccc(N)cc2C(=O)O)c(C=O)c1. The molecule has 0 saturated carbocycles. The Morgan fingerprint density at radius 1 is 1.00 bits per heavy atom. The maximum Gasteiger partial charge on any atom is 0.336 e. The van der Waals surface area contributed by atoms with Gasteiger partial charge in [-0.3, -0.25) is 4.79 Å². The summed E-state index contributed by atoms with van der Waals surface area (Å²) in [6.07, 6.45) is 0.647. The first kappa shape index (κ1) is 12.6. The van der Waals surface area contributed by atoms with Crippen molar-refractivity contribution in [1.82, 2.24) is 0 Å². The Hall–Kier alpha value is -2.82. The van der Waals surface area contributed by atoms with Crippen LogP contribution in [-0.4, -0.2) is 17.4 Å². The molecule has 0 fully saturated rings. The number of aldehydes is 1. The number of aromatic carboxylic acids is 1. The normalized spacial score (nSPS) is 10.1. The molecule has 5 N–H and O–H groups in total. The zero-order valence-corrected chi connectivity index (χ0v) is 9.96. The van der Waals surface area contributed by atoms with Crippen molar-refractivity contribution < 1.29 is 14.7 Å². The summed E-state index contributed by atoms with van der Waals surface area (Å²) in [6, 6.07) is 9.28. The van der Waals surface area contributed by atoms with Crippen molar-refractivity contribution in [1.29, 1.82) is 0 Å². The number of nitrogen functional groups attached to an aromatic ring is 2. The van der Waals surface area contributed by atoms with Gasteiger partial charge in [-0.25, -0.2) is 4.79 Å².